The van der Waals surface area contributed by atoms with Gasteiger partial charge in [-0.15, -0.1) is 0 Å². The van der Waals surface area contributed by atoms with Gasteiger partial charge in [0.25, 0.3) is 0 Å². The van der Waals surface area contributed by atoms with Crippen molar-refractivity contribution in [3.05, 3.63) is 0 Å². The van der Waals surface area contributed by atoms with Crippen molar-refractivity contribution >= 4 is 19.9 Å². The number of hydrogen-bond acceptors (Lipinski definition) is 0. The summed E-state index contributed by atoms with van der Waals surface area (Å²) in [6, 6.07) is -0.710. The van der Waals surface area contributed by atoms with Crippen molar-refractivity contribution in [2.24, 2.45) is 5.92 Å². The SMILES string of the molecule is FC(F)(F)C(CCC(F)(F)C(F)(F)C(F)(F)F)C[SiH2]Cl. The molecule has 0 saturated heterocycles. The lowest BCUT2D eigenvalue weighted by Crippen LogP contribution is -2.52. The van der Waals surface area contributed by atoms with Gasteiger partial charge >= 0.3 is 24.2 Å². The molecule has 0 bridgehead atoms. The van der Waals surface area contributed by atoms with Crippen LogP contribution in [0, 0.1) is 5.92 Å². The summed E-state index contributed by atoms with van der Waals surface area (Å²) in [6.45, 7) is 0. The Bertz CT molecular complexity index is 309. The van der Waals surface area contributed by atoms with Gasteiger partial charge in [-0.1, -0.05) is 0 Å². The molecule has 0 spiro atoms. The Balaban J connectivity index is 4.93. The minimum absolute atomic E-state index is 0.710. The van der Waals surface area contributed by atoms with Crippen molar-refractivity contribution in [2.45, 2.75) is 43.1 Å². The van der Waals surface area contributed by atoms with Gasteiger partial charge in [-0.3, -0.25) is 0 Å². The Kier molecular flexibility index (Phi) is 6.22. The first-order valence-corrected chi connectivity index (χ1v) is 8.25. The molecule has 1 unspecified atom stereocenters. The van der Waals surface area contributed by atoms with E-state index in [-0.39, 0.29) is 0 Å². The van der Waals surface area contributed by atoms with Gasteiger partial charge in [0, 0.05) is 6.42 Å². The van der Waals surface area contributed by atoms with Crippen LogP contribution < -0.4 is 0 Å². The van der Waals surface area contributed by atoms with Crippen LogP contribution in [-0.2, 0) is 0 Å². The van der Waals surface area contributed by atoms with Crippen LogP contribution in [0.4, 0.5) is 43.9 Å². The third-order valence-corrected chi connectivity index (χ3v) is 4.11. The molecule has 0 amide bonds. The van der Waals surface area contributed by atoms with Crippen LogP contribution in [0.25, 0.3) is 0 Å². The third-order valence-electron chi connectivity index (χ3n) is 2.54. The van der Waals surface area contributed by atoms with Gasteiger partial charge < -0.3 is 0 Å². The Morgan fingerprint density at radius 2 is 1.30 bits per heavy atom. The molecule has 0 aromatic carbocycles. The van der Waals surface area contributed by atoms with Crippen LogP contribution in [-0.4, -0.2) is 33.0 Å². The summed E-state index contributed by atoms with van der Waals surface area (Å²) in [7, 11) is -1.74. The Morgan fingerprint density at radius 3 is 1.60 bits per heavy atom. The van der Waals surface area contributed by atoms with Crippen LogP contribution in [0.1, 0.15) is 12.8 Å². The van der Waals surface area contributed by atoms with Gasteiger partial charge in [-0.2, -0.15) is 55.0 Å². The summed E-state index contributed by atoms with van der Waals surface area (Å²) in [4.78, 5) is 0. The van der Waals surface area contributed by atoms with Crippen molar-refractivity contribution in [1.29, 1.82) is 0 Å². The zero-order valence-corrected chi connectivity index (χ0v) is 11.7. The molecule has 0 aromatic rings. The summed E-state index contributed by atoms with van der Waals surface area (Å²) in [6.07, 6.45) is -15.3. The largest absolute Gasteiger partial charge is 0.459 e. The van der Waals surface area contributed by atoms with Crippen LogP contribution in [0.3, 0.4) is 0 Å². The maximum atomic E-state index is 12.8. The maximum Gasteiger partial charge on any atom is 0.459 e. The second-order valence-electron chi connectivity index (χ2n) is 4.03. The van der Waals surface area contributed by atoms with E-state index in [1.807, 2.05) is 0 Å². The maximum absolute atomic E-state index is 12.8. The van der Waals surface area contributed by atoms with E-state index < -0.39 is 57.8 Å². The quantitative estimate of drug-likeness (QED) is 0.372. The summed E-state index contributed by atoms with van der Waals surface area (Å²) in [5.41, 5.74) is 0. The van der Waals surface area contributed by atoms with E-state index in [9.17, 15) is 43.9 Å². The molecule has 20 heavy (non-hydrogen) atoms. The highest BCUT2D eigenvalue weighted by atomic mass is 35.6. The average Bonchev–Trinajstić information content (AvgIpc) is 2.20. The number of alkyl halides is 10. The van der Waals surface area contributed by atoms with Gasteiger partial charge in [0.05, 0.1) is 5.92 Å². The van der Waals surface area contributed by atoms with Crippen LogP contribution >= 0.6 is 11.1 Å². The van der Waals surface area contributed by atoms with Crippen molar-refractivity contribution < 1.29 is 43.9 Å². The van der Waals surface area contributed by atoms with Gasteiger partial charge in [0.15, 0.2) is 0 Å². The summed E-state index contributed by atoms with van der Waals surface area (Å²) in [5.74, 6) is -14.4. The fraction of sp³-hybridized carbons (Fsp3) is 1.00. The number of hydrogen-bond donors (Lipinski definition) is 0. The van der Waals surface area contributed by atoms with Gasteiger partial charge in [-0.05, 0) is 12.5 Å². The first-order chi connectivity index (χ1) is 8.67. The number of halogens is 11. The second kappa shape index (κ2) is 6.28. The molecular weight excluding hydrogens is 350 g/mol. The Labute approximate surface area is 114 Å². The fourth-order valence-electron chi connectivity index (χ4n) is 1.32. The lowest BCUT2D eigenvalue weighted by Gasteiger charge is -2.29. The van der Waals surface area contributed by atoms with E-state index in [1.165, 1.54) is 0 Å². The molecule has 0 saturated carbocycles. The number of rotatable bonds is 6. The van der Waals surface area contributed by atoms with E-state index in [2.05, 4.69) is 0 Å². The van der Waals surface area contributed by atoms with Crippen molar-refractivity contribution in [3.63, 3.8) is 0 Å². The second-order valence-corrected chi connectivity index (χ2v) is 6.12. The Hall–Kier alpha value is -0.193. The van der Waals surface area contributed by atoms with E-state index in [0.29, 0.717) is 0 Å². The van der Waals surface area contributed by atoms with E-state index in [4.69, 9.17) is 11.1 Å². The molecular formula is C8H9ClF10Si. The molecule has 0 nitrogen and oxygen atoms in total. The first kappa shape index (κ1) is 19.8. The fourth-order valence-corrected chi connectivity index (χ4v) is 2.99. The minimum Gasteiger partial charge on any atom is -0.200 e. The van der Waals surface area contributed by atoms with Gasteiger partial charge in [-0.25, -0.2) is 0 Å². The molecule has 0 heterocycles. The molecule has 0 aliphatic carbocycles. The van der Waals surface area contributed by atoms with Crippen LogP contribution in [0.2, 0.25) is 6.04 Å². The van der Waals surface area contributed by atoms with Crippen molar-refractivity contribution in [1.82, 2.24) is 0 Å². The molecule has 1 atom stereocenters. The third kappa shape index (κ3) is 4.67. The standard InChI is InChI=1S/C8H9ClF10Si/c9-20-3-4(6(12,13)14)1-2-5(10,11)7(15,16)8(17,18)19/h4H,1-3,20H2. The molecule has 12 heteroatoms. The zero-order valence-electron chi connectivity index (χ0n) is 9.56. The van der Waals surface area contributed by atoms with Crippen molar-refractivity contribution in [3.8, 4) is 0 Å². The monoisotopic (exact) mass is 358 g/mol. The van der Waals surface area contributed by atoms with E-state index in [0.717, 1.165) is 0 Å². The van der Waals surface area contributed by atoms with Gasteiger partial charge in [0.1, 0.15) is 8.83 Å². The highest BCUT2D eigenvalue weighted by Crippen LogP contribution is 2.49. The molecule has 0 fully saturated rings. The van der Waals surface area contributed by atoms with E-state index in [1.54, 1.807) is 0 Å². The predicted molar refractivity (Wildman–Crippen MR) is 53.9 cm³/mol. The predicted octanol–water partition coefficient (Wildman–Crippen LogP) is 4.52. The van der Waals surface area contributed by atoms with Gasteiger partial charge in [0.2, 0.25) is 0 Å². The van der Waals surface area contributed by atoms with Crippen LogP contribution in [0.5, 0.6) is 0 Å². The molecule has 0 aliphatic heterocycles. The summed E-state index contributed by atoms with van der Waals surface area (Å²) in [5, 5.41) is 0. The highest BCUT2D eigenvalue weighted by molar-refractivity contribution is 6.93. The highest BCUT2D eigenvalue weighted by Gasteiger charge is 2.72. The van der Waals surface area contributed by atoms with Crippen LogP contribution in [0.15, 0.2) is 0 Å². The minimum atomic E-state index is -6.54. The summed E-state index contributed by atoms with van der Waals surface area (Å²) >= 11 is 5.14. The lowest BCUT2D eigenvalue weighted by molar-refractivity contribution is -0.356. The Morgan fingerprint density at radius 1 is 0.850 bits per heavy atom. The molecule has 0 aliphatic rings. The molecule has 122 valence electrons. The molecule has 0 radical (unpaired) electrons. The van der Waals surface area contributed by atoms with Crippen molar-refractivity contribution in [2.75, 3.05) is 0 Å². The summed E-state index contributed by atoms with van der Waals surface area (Å²) < 4.78 is 123. The molecule has 0 aromatic heterocycles. The topological polar surface area (TPSA) is 0 Å². The molecule has 0 N–H and O–H groups in total. The normalized spacial score (nSPS) is 16.9. The molecule has 0 rings (SSSR count). The smallest absolute Gasteiger partial charge is 0.200 e. The first-order valence-electron chi connectivity index (χ1n) is 5.12. The van der Waals surface area contributed by atoms with E-state index >= 15 is 0 Å². The average molecular weight is 359 g/mol. The lowest BCUT2D eigenvalue weighted by atomic mass is 9.98. The zero-order chi connectivity index (χ0) is 16.4.